The first-order valence-corrected chi connectivity index (χ1v) is 6.95. The predicted octanol–water partition coefficient (Wildman–Crippen LogP) is 2.48. The summed E-state index contributed by atoms with van der Waals surface area (Å²) in [5.74, 6) is 0.718. The van der Waals surface area contributed by atoms with Crippen molar-refractivity contribution in [2.45, 2.75) is 32.5 Å². The highest BCUT2D eigenvalue weighted by Crippen LogP contribution is 2.20. The van der Waals surface area contributed by atoms with E-state index in [-0.39, 0.29) is 0 Å². The van der Waals surface area contributed by atoms with Crippen LogP contribution in [0, 0.1) is 12.8 Å². The maximum absolute atomic E-state index is 12.1. The van der Waals surface area contributed by atoms with Crippen LogP contribution in [-0.2, 0) is 11.3 Å². The monoisotopic (exact) mass is 304 g/mol. The molecule has 1 fully saturated rings. The van der Waals surface area contributed by atoms with Crippen molar-refractivity contribution in [3.8, 4) is 0 Å². The average Bonchev–Trinajstić information content (AvgIpc) is 2.81. The van der Waals surface area contributed by atoms with Crippen molar-refractivity contribution in [2.75, 3.05) is 19.6 Å². The lowest BCUT2D eigenvalue weighted by molar-refractivity contribution is -0.141. The van der Waals surface area contributed by atoms with Crippen molar-refractivity contribution < 1.29 is 22.4 Å². The topological polar surface area (TPSA) is 45.5 Å². The number of piperidine rings is 1. The molecule has 1 amide bonds. The third kappa shape index (κ3) is 5.08. The molecule has 0 unspecified atom stereocenters. The molecule has 1 atom stereocenters. The summed E-state index contributed by atoms with van der Waals surface area (Å²) < 4.78 is 41.8. The van der Waals surface area contributed by atoms with Crippen LogP contribution in [0.25, 0.3) is 0 Å². The molecule has 1 N–H and O–H groups in total. The Balaban J connectivity index is 1.84. The number of amides is 1. The van der Waals surface area contributed by atoms with Crippen LogP contribution in [0.15, 0.2) is 16.5 Å². The van der Waals surface area contributed by atoms with Crippen LogP contribution in [-0.4, -0.2) is 36.6 Å². The van der Waals surface area contributed by atoms with E-state index in [2.05, 4.69) is 0 Å². The lowest BCUT2D eigenvalue weighted by Gasteiger charge is -2.31. The molecule has 118 valence electrons. The maximum Gasteiger partial charge on any atom is 0.405 e. The molecule has 1 aliphatic rings. The lowest BCUT2D eigenvalue weighted by Crippen LogP contribution is -2.44. The zero-order valence-corrected chi connectivity index (χ0v) is 11.9. The van der Waals surface area contributed by atoms with Gasteiger partial charge in [0, 0.05) is 6.54 Å². The number of furan rings is 1. The molecule has 0 aliphatic carbocycles. The van der Waals surface area contributed by atoms with Crippen LogP contribution < -0.4 is 5.32 Å². The fraction of sp³-hybridized carbons (Fsp3) is 0.643. The summed E-state index contributed by atoms with van der Waals surface area (Å²) in [5.41, 5.74) is 0. The molecule has 2 heterocycles. The first kappa shape index (κ1) is 15.9. The summed E-state index contributed by atoms with van der Waals surface area (Å²) >= 11 is 0. The molecule has 1 aromatic rings. The van der Waals surface area contributed by atoms with E-state index in [1.807, 2.05) is 29.3 Å². The number of carbonyl (C=O) groups excluding carboxylic acids is 1. The Bertz CT molecular complexity index is 485. The van der Waals surface area contributed by atoms with Crippen LogP contribution in [0.4, 0.5) is 13.2 Å². The number of rotatable bonds is 4. The van der Waals surface area contributed by atoms with Crippen molar-refractivity contribution in [1.29, 1.82) is 0 Å². The Hall–Kier alpha value is -1.50. The van der Waals surface area contributed by atoms with Crippen molar-refractivity contribution >= 4 is 5.91 Å². The molecule has 21 heavy (non-hydrogen) atoms. The summed E-state index contributed by atoms with van der Waals surface area (Å²) in [5, 5.41) is 1.97. The Morgan fingerprint density at radius 1 is 1.48 bits per heavy atom. The van der Waals surface area contributed by atoms with Gasteiger partial charge in [0.2, 0.25) is 5.91 Å². The van der Waals surface area contributed by atoms with Gasteiger partial charge in [0.05, 0.1) is 12.5 Å². The highest BCUT2D eigenvalue weighted by molar-refractivity contribution is 5.79. The fourth-order valence-corrected chi connectivity index (χ4v) is 2.54. The average molecular weight is 304 g/mol. The van der Waals surface area contributed by atoms with Crippen LogP contribution in [0.2, 0.25) is 0 Å². The standard InChI is InChI=1S/C14H19F3N2O2/c1-10-4-5-12(21-10)8-19-6-2-3-11(7-19)13(20)18-9-14(15,16)17/h4-5,11H,2-3,6-9H2,1H3,(H,18,20)/t11-/m0/s1. The summed E-state index contributed by atoms with van der Waals surface area (Å²) in [6.45, 7) is 2.45. The number of carbonyl (C=O) groups is 1. The van der Waals surface area contributed by atoms with E-state index in [0.717, 1.165) is 24.5 Å². The first-order valence-electron chi connectivity index (χ1n) is 6.95. The molecule has 7 heteroatoms. The lowest BCUT2D eigenvalue weighted by atomic mass is 9.97. The number of likely N-dealkylation sites (tertiary alicyclic amines) is 1. The maximum atomic E-state index is 12.1. The predicted molar refractivity (Wildman–Crippen MR) is 70.5 cm³/mol. The summed E-state index contributed by atoms with van der Waals surface area (Å²) in [6, 6.07) is 3.75. The van der Waals surface area contributed by atoms with Crippen molar-refractivity contribution in [3.05, 3.63) is 23.7 Å². The van der Waals surface area contributed by atoms with E-state index >= 15 is 0 Å². The van der Waals surface area contributed by atoms with Gasteiger partial charge >= 0.3 is 6.18 Å². The van der Waals surface area contributed by atoms with Gasteiger partial charge in [-0.15, -0.1) is 0 Å². The zero-order chi connectivity index (χ0) is 15.5. The largest absolute Gasteiger partial charge is 0.465 e. The number of nitrogens with zero attached hydrogens (tertiary/aromatic N) is 1. The first-order chi connectivity index (χ1) is 9.83. The van der Waals surface area contributed by atoms with E-state index in [0.29, 0.717) is 19.5 Å². The van der Waals surface area contributed by atoms with E-state index in [1.165, 1.54) is 0 Å². The SMILES string of the molecule is Cc1ccc(CN2CCC[C@H](C(=O)NCC(F)(F)F)C2)o1. The van der Waals surface area contributed by atoms with Gasteiger partial charge in [-0.2, -0.15) is 13.2 Å². The molecular formula is C14H19F3N2O2. The molecule has 2 rings (SSSR count). The van der Waals surface area contributed by atoms with Crippen molar-refractivity contribution in [1.82, 2.24) is 10.2 Å². The van der Waals surface area contributed by atoms with Gasteiger partial charge in [-0.25, -0.2) is 0 Å². The van der Waals surface area contributed by atoms with Gasteiger partial charge in [0.25, 0.3) is 0 Å². The molecule has 0 saturated carbocycles. The summed E-state index contributed by atoms with van der Waals surface area (Å²) in [4.78, 5) is 13.8. The Morgan fingerprint density at radius 3 is 2.86 bits per heavy atom. The van der Waals surface area contributed by atoms with E-state index < -0.39 is 24.5 Å². The second kappa shape index (κ2) is 6.51. The minimum atomic E-state index is -4.37. The van der Waals surface area contributed by atoms with Crippen molar-refractivity contribution in [3.63, 3.8) is 0 Å². The van der Waals surface area contributed by atoms with Gasteiger partial charge < -0.3 is 9.73 Å². The van der Waals surface area contributed by atoms with Gasteiger partial charge in [-0.1, -0.05) is 0 Å². The summed E-state index contributed by atoms with van der Waals surface area (Å²) in [7, 11) is 0. The van der Waals surface area contributed by atoms with Gasteiger partial charge in [0.15, 0.2) is 0 Å². The number of halogens is 3. The number of alkyl halides is 3. The van der Waals surface area contributed by atoms with E-state index in [1.54, 1.807) is 0 Å². The molecular weight excluding hydrogens is 285 g/mol. The smallest absolute Gasteiger partial charge is 0.405 e. The van der Waals surface area contributed by atoms with Gasteiger partial charge in [0.1, 0.15) is 18.1 Å². The molecule has 1 aliphatic heterocycles. The molecule has 0 radical (unpaired) electrons. The molecule has 4 nitrogen and oxygen atoms in total. The minimum absolute atomic E-state index is 0.392. The number of hydrogen-bond acceptors (Lipinski definition) is 3. The van der Waals surface area contributed by atoms with Crippen LogP contribution in [0.3, 0.4) is 0 Å². The molecule has 0 spiro atoms. The number of hydrogen-bond donors (Lipinski definition) is 1. The highest BCUT2D eigenvalue weighted by Gasteiger charge is 2.31. The zero-order valence-electron chi connectivity index (χ0n) is 11.9. The third-order valence-electron chi connectivity index (χ3n) is 3.51. The second-order valence-corrected chi connectivity index (χ2v) is 5.42. The third-order valence-corrected chi connectivity index (χ3v) is 3.51. The van der Waals surface area contributed by atoms with Crippen molar-refractivity contribution in [2.24, 2.45) is 5.92 Å². The van der Waals surface area contributed by atoms with Crippen LogP contribution in [0.1, 0.15) is 24.4 Å². The van der Waals surface area contributed by atoms with Gasteiger partial charge in [-0.05, 0) is 38.4 Å². The van der Waals surface area contributed by atoms with E-state index in [9.17, 15) is 18.0 Å². The Labute approximate surface area is 121 Å². The Morgan fingerprint density at radius 2 is 2.24 bits per heavy atom. The second-order valence-electron chi connectivity index (χ2n) is 5.42. The number of aryl methyl sites for hydroxylation is 1. The number of nitrogens with one attached hydrogen (secondary N) is 1. The molecule has 0 aromatic carbocycles. The molecule has 1 aromatic heterocycles. The Kier molecular flexibility index (Phi) is 4.92. The molecule has 1 saturated heterocycles. The quantitative estimate of drug-likeness (QED) is 0.929. The normalized spacial score (nSPS) is 20.5. The van der Waals surface area contributed by atoms with E-state index in [4.69, 9.17) is 4.42 Å². The van der Waals surface area contributed by atoms with Gasteiger partial charge in [-0.3, -0.25) is 9.69 Å². The van der Waals surface area contributed by atoms with Crippen LogP contribution in [0.5, 0.6) is 0 Å². The highest BCUT2D eigenvalue weighted by atomic mass is 19.4. The molecule has 0 bridgehead atoms. The fourth-order valence-electron chi connectivity index (χ4n) is 2.54. The van der Waals surface area contributed by atoms with Crippen LogP contribution >= 0.6 is 0 Å². The minimum Gasteiger partial charge on any atom is -0.465 e. The summed E-state index contributed by atoms with van der Waals surface area (Å²) in [6.07, 6.45) is -2.95.